The van der Waals surface area contributed by atoms with E-state index in [1.54, 1.807) is 6.92 Å². The van der Waals surface area contributed by atoms with Crippen LogP contribution in [-0.4, -0.2) is 18.3 Å². The van der Waals surface area contributed by atoms with E-state index in [9.17, 15) is 4.39 Å². The van der Waals surface area contributed by atoms with Crippen molar-refractivity contribution in [3.05, 3.63) is 0 Å². The van der Waals surface area contributed by atoms with Gasteiger partial charge in [0.1, 0.15) is 5.67 Å². The molecule has 2 aliphatic rings. The fraction of sp³-hybridized carbons (Fsp3) is 1.00. The predicted molar refractivity (Wildman–Crippen MR) is 43.3 cm³/mol. The van der Waals surface area contributed by atoms with Crippen molar-refractivity contribution in [3.63, 3.8) is 0 Å². The first-order valence-electron chi connectivity index (χ1n) is 4.44. The zero-order valence-corrected chi connectivity index (χ0v) is 7.28. The van der Waals surface area contributed by atoms with Gasteiger partial charge in [-0.1, -0.05) is 0 Å². The quantitative estimate of drug-likeness (QED) is 0.566. The Bertz CT molecular complexity index is 168. The fourth-order valence-corrected chi connectivity index (χ4v) is 2.97. The Hall–Kier alpha value is -0.110. The van der Waals surface area contributed by atoms with E-state index in [0.717, 1.165) is 19.4 Å². The molecule has 1 aliphatic carbocycles. The first kappa shape index (κ1) is 7.53. The molecule has 0 bridgehead atoms. The standard InChI is InChI=1S/C9H16FN/c1-7-3-9(6-11-7)4-8(2,10)5-9/h7,11H,3-6H2,1-2H3. The van der Waals surface area contributed by atoms with E-state index in [4.69, 9.17) is 0 Å². The monoisotopic (exact) mass is 157 g/mol. The lowest BCUT2D eigenvalue weighted by Crippen LogP contribution is -2.48. The third-order valence-corrected chi connectivity index (χ3v) is 3.05. The van der Waals surface area contributed by atoms with Crippen molar-refractivity contribution < 1.29 is 4.39 Å². The van der Waals surface area contributed by atoms with Crippen LogP contribution < -0.4 is 5.32 Å². The highest BCUT2D eigenvalue weighted by atomic mass is 19.1. The van der Waals surface area contributed by atoms with Crippen LogP contribution in [0.4, 0.5) is 4.39 Å². The van der Waals surface area contributed by atoms with Gasteiger partial charge in [-0.05, 0) is 38.5 Å². The molecule has 1 nitrogen and oxygen atoms in total. The van der Waals surface area contributed by atoms with Crippen LogP contribution in [0.2, 0.25) is 0 Å². The van der Waals surface area contributed by atoms with Crippen molar-refractivity contribution in [2.45, 2.75) is 44.8 Å². The summed E-state index contributed by atoms with van der Waals surface area (Å²) in [5.41, 5.74) is -0.519. The highest BCUT2D eigenvalue weighted by Gasteiger charge is 2.54. The van der Waals surface area contributed by atoms with E-state index in [2.05, 4.69) is 12.2 Å². The molecule has 0 radical (unpaired) electrons. The molecular formula is C9H16FN. The maximum Gasteiger partial charge on any atom is 0.109 e. The van der Waals surface area contributed by atoms with Gasteiger partial charge in [-0.25, -0.2) is 4.39 Å². The normalized spacial score (nSPS) is 56.5. The minimum Gasteiger partial charge on any atom is -0.314 e. The molecular weight excluding hydrogens is 141 g/mol. The average Bonchev–Trinajstić information content (AvgIpc) is 2.08. The van der Waals surface area contributed by atoms with E-state index in [1.807, 2.05) is 0 Å². The Morgan fingerprint density at radius 2 is 2.09 bits per heavy atom. The number of hydrogen-bond acceptors (Lipinski definition) is 1. The number of alkyl halides is 1. The molecule has 1 spiro atoms. The molecule has 2 rings (SSSR count). The van der Waals surface area contributed by atoms with Gasteiger partial charge in [-0.15, -0.1) is 0 Å². The summed E-state index contributed by atoms with van der Waals surface area (Å²) >= 11 is 0. The third-order valence-electron chi connectivity index (χ3n) is 3.05. The van der Waals surface area contributed by atoms with E-state index < -0.39 is 5.67 Å². The average molecular weight is 157 g/mol. The number of hydrogen-bond donors (Lipinski definition) is 1. The summed E-state index contributed by atoms with van der Waals surface area (Å²) in [6.45, 7) is 4.94. The van der Waals surface area contributed by atoms with Crippen molar-refractivity contribution in [2.24, 2.45) is 5.41 Å². The third kappa shape index (κ3) is 1.18. The lowest BCUT2D eigenvalue weighted by Gasteiger charge is -2.47. The second kappa shape index (κ2) is 1.98. The Morgan fingerprint density at radius 1 is 1.45 bits per heavy atom. The highest BCUT2D eigenvalue weighted by molar-refractivity contribution is 5.07. The van der Waals surface area contributed by atoms with Crippen molar-refractivity contribution in [1.82, 2.24) is 5.32 Å². The second-order valence-electron chi connectivity index (χ2n) is 4.75. The predicted octanol–water partition coefficient (Wildman–Crippen LogP) is 1.88. The Labute approximate surface area is 67.4 Å². The van der Waals surface area contributed by atoms with Gasteiger partial charge in [-0.3, -0.25) is 0 Å². The van der Waals surface area contributed by atoms with Crippen molar-refractivity contribution in [1.29, 1.82) is 0 Å². The summed E-state index contributed by atoms with van der Waals surface area (Å²) in [5, 5.41) is 3.38. The first-order chi connectivity index (χ1) is 5.02. The zero-order chi connectivity index (χ0) is 8.11. The molecule has 0 aromatic rings. The van der Waals surface area contributed by atoms with E-state index in [0.29, 0.717) is 11.5 Å². The summed E-state index contributed by atoms with van der Waals surface area (Å²) in [6.07, 6.45) is 2.72. The molecule has 1 N–H and O–H groups in total. The van der Waals surface area contributed by atoms with Gasteiger partial charge in [0.15, 0.2) is 0 Å². The van der Waals surface area contributed by atoms with Gasteiger partial charge in [0.2, 0.25) is 0 Å². The zero-order valence-electron chi connectivity index (χ0n) is 7.28. The van der Waals surface area contributed by atoms with Crippen LogP contribution in [-0.2, 0) is 0 Å². The summed E-state index contributed by atoms with van der Waals surface area (Å²) in [4.78, 5) is 0. The Kier molecular flexibility index (Phi) is 1.35. The maximum absolute atomic E-state index is 13.2. The van der Waals surface area contributed by atoms with Gasteiger partial charge >= 0.3 is 0 Å². The van der Waals surface area contributed by atoms with Crippen LogP contribution in [0.3, 0.4) is 0 Å². The molecule has 2 heteroatoms. The van der Waals surface area contributed by atoms with E-state index in [1.165, 1.54) is 6.42 Å². The van der Waals surface area contributed by atoms with Crippen LogP contribution in [0, 0.1) is 5.41 Å². The minimum atomic E-state index is -0.855. The van der Waals surface area contributed by atoms with Gasteiger partial charge in [0.05, 0.1) is 0 Å². The van der Waals surface area contributed by atoms with Crippen LogP contribution >= 0.6 is 0 Å². The van der Waals surface area contributed by atoms with Crippen LogP contribution in [0.15, 0.2) is 0 Å². The topological polar surface area (TPSA) is 12.0 Å². The number of rotatable bonds is 0. The summed E-state index contributed by atoms with van der Waals surface area (Å²) in [6, 6.07) is 0.603. The van der Waals surface area contributed by atoms with Crippen LogP contribution in [0.5, 0.6) is 0 Å². The van der Waals surface area contributed by atoms with Crippen molar-refractivity contribution >= 4 is 0 Å². The SMILES string of the molecule is CC1CC2(CN1)CC(C)(F)C2. The lowest BCUT2D eigenvalue weighted by atomic mass is 9.60. The van der Waals surface area contributed by atoms with Crippen molar-refractivity contribution in [3.8, 4) is 0 Å². The Morgan fingerprint density at radius 3 is 2.45 bits per heavy atom. The van der Waals surface area contributed by atoms with E-state index >= 15 is 0 Å². The molecule has 1 unspecified atom stereocenters. The van der Waals surface area contributed by atoms with Crippen molar-refractivity contribution in [2.75, 3.05) is 6.54 Å². The van der Waals surface area contributed by atoms with Gasteiger partial charge in [-0.2, -0.15) is 0 Å². The molecule has 1 saturated carbocycles. The molecule has 1 saturated heterocycles. The minimum absolute atomic E-state index is 0.336. The molecule has 0 aromatic carbocycles. The van der Waals surface area contributed by atoms with Crippen LogP contribution in [0.1, 0.15) is 33.1 Å². The highest BCUT2D eigenvalue weighted by Crippen LogP contribution is 2.54. The molecule has 1 aliphatic heterocycles. The summed E-state index contributed by atoms with van der Waals surface area (Å²) in [5.74, 6) is 0. The number of halogens is 1. The molecule has 0 aromatic heterocycles. The molecule has 0 amide bonds. The van der Waals surface area contributed by atoms with Gasteiger partial charge < -0.3 is 5.32 Å². The molecule has 1 heterocycles. The molecule has 11 heavy (non-hydrogen) atoms. The Balaban J connectivity index is 1.97. The fourth-order valence-electron chi connectivity index (χ4n) is 2.97. The molecule has 64 valence electrons. The van der Waals surface area contributed by atoms with Crippen LogP contribution in [0.25, 0.3) is 0 Å². The smallest absolute Gasteiger partial charge is 0.109 e. The second-order valence-corrected chi connectivity index (χ2v) is 4.75. The molecule has 1 atom stereocenters. The van der Waals surface area contributed by atoms with E-state index in [-0.39, 0.29) is 0 Å². The lowest BCUT2D eigenvalue weighted by molar-refractivity contribution is -0.0423. The number of nitrogens with one attached hydrogen (secondary N) is 1. The summed E-state index contributed by atoms with van der Waals surface area (Å²) < 4.78 is 13.2. The van der Waals surface area contributed by atoms with Gasteiger partial charge in [0, 0.05) is 12.6 Å². The summed E-state index contributed by atoms with van der Waals surface area (Å²) in [7, 11) is 0. The largest absolute Gasteiger partial charge is 0.314 e. The van der Waals surface area contributed by atoms with Gasteiger partial charge in [0.25, 0.3) is 0 Å². The molecule has 2 fully saturated rings. The first-order valence-corrected chi connectivity index (χ1v) is 4.44. The maximum atomic E-state index is 13.2.